The van der Waals surface area contributed by atoms with Crippen molar-refractivity contribution in [2.24, 2.45) is 5.92 Å². The zero-order valence-electron chi connectivity index (χ0n) is 15.8. The minimum Gasteiger partial charge on any atom is -0.323 e. The fourth-order valence-corrected chi connectivity index (χ4v) is 3.42. The Balaban J connectivity index is 1.76. The summed E-state index contributed by atoms with van der Waals surface area (Å²) in [5, 5.41) is 11.1. The highest BCUT2D eigenvalue weighted by Gasteiger charge is 2.19. The van der Waals surface area contributed by atoms with Crippen LogP contribution in [0.4, 0.5) is 18.9 Å². The molecule has 152 valence electrons. The summed E-state index contributed by atoms with van der Waals surface area (Å²) in [5.74, 6) is -1.92. The Morgan fingerprint density at radius 3 is 2.55 bits per heavy atom. The monoisotopic (exact) mass is 420 g/mol. The fraction of sp³-hybridized carbons (Fsp3) is 0.250. The van der Waals surface area contributed by atoms with Gasteiger partial charge in [0.1, 0.15) is 17.5 Å². The van der Waals surface area contributed by atoms with Crippen molar-refractivity contribution < 1.29 is 18.0 Å². The number of amides is 1. The number of thioether (sulfide) groups is 1. The molecule has 0 aliphatic carbocycles. The molecule has 1 N–H and O–H groups in total. The van der Waals surface area contributed by atoms with E-state index in [1.165, 1.54) is 6.07 Å². The van der Waals surface area contributed by atoms with Crippen molar-refractivity contribution in [3.8, 4) is 11.4 Å². The van der Waals surface area contributed by atoms with Crippen LogP contribution in [0.3, 0.4) is 0 Å². The number of benzene rings is 2. The number of carbonyl (C=O) groups excluding carboxylic acids is 1. The largest absolute Gasteiger partial charge is 0.323 e. The summed E-state index contributed by atoms with van der Waals surface area (Å²) in [6.07, 6.45) is 0. The second-order valence-corrected chi connectivity index (χ2v) is 7.69. The molecule has 29 heavy (non-hydrogen) atoms. The van der Waals surface area contributed by atoms with Gasteiger partial charge in [-0.25, -0.2) is 13.2 Å². The maximum absolute atomic E-state index is 14.2. The lowest BCUT2D eigenvalue weighted by atomic mass is 10.2. The maximum atomic E-state index is 14.2. The molecule has 3 rings (SSSR count). The summed E-state index contributed by atoms with van der Waals surface area (Å²) in [4.78, 5) is 12.2. The molecule has 1 heterocycles. The molecule has 0 spiro atoms. The average molecular weight is 420 g/mol. The standard InChI is InChI=1S/C20H19F3N4OS/c1-12(2)10-27-19(14-5-3-4-6-15(14)22)25-26-20(27)29-11-18(28)24-17-8-7-13(21)9-16(17)23/h3-9,12H,10-11H2,1-2H3,(H,24,28). The minimum atomic E-state index is -0.854. The van der Waals surface area contributed by atoms with Crippen molar-refractivity contribution >= 4 is 23.4 Å². The molecule has 0 unspecified atom stereocenters. The first-order valence-corrected chi connectivity index (χ1v) is 9.89. The topological polar surface area (TPSA) is 59.8 Å². The molecule has 0 aliphatic rings. The number of anilines is 1. The third-order valence-corrected chi connectivity index (χ3v) is 4.88. The maximum Gasteiger partial charge on any atom is 0.234 e. The van der Waals surface area contributed by atoms with E-state index >= 15 is 0 Å². The van der Waals surface area contributed by atoms with Crippen molar-refractivity contribution in [3.63, 3.8) is 0 Å². The Kier molecular flexibility index (Phi) is 6.58. The van der Waals surface area contributed by atoms with Gasteiger partial charge in [-0.15, -0.1) is 10.2 Å². The van der Waals surface area contributed by atoms with E-state index in [2.05, 4.69) is 15.5 Å². The Morgan fingerprint density at radius 2 is 1.86 bits per heavy atom. The third kappa shape index (κ3) is 5.17. The van der Waals surface area contributed by atoms with E-state index in [1.807, 2.05) is 13.8 Å². The third-order valence-electron chi connectivity index (χ3n) is 3.92. The Hall–Kier alpha value is -2.81. The fourth-order valence-electron chi connectivity index (χ4n) is 2.67. The van der Waals surface area contributed by atoms with Gasteiger partial charge >= 0.3 is 0 Å². The smallest absolute Gasteiger partial charge is 0.234 e. The van der Waals surface area contributed by atoms with Gasteiger partial charge in [0.25, 0.3) is 0 Å². The second kappa shape index (κ2) is 9.13. The van der Waals surface area contributed by atoms with Crippen LogP contribution in [0.1, 0.15) is 13.8 Å². The van der Waals surface area contributed by atoms with Crippen molar-refractivity contribution in [3.05, 3.63) is 59.9 Å². The molecule has 1 aromatic heterocycles. The molecular formula is C20H19F3N4OS. The molecule has 3 aromatic rings. The van der Waals surface area contributed by atoms with Crippen LogP contribution in [0.15, 0.2) is 47.6 Å². The average Bonchev–Trinajstić information content (AvgIpc) is 3.04. The lowest BCUT2D eigenvalue weighted by Crippen LogP contribution is -2.16. The van der Waals surface area contributed by atoms with Crippen LogP contribution in [-0.2, 0) is 11.3 Å². The van der Waals surface area contributed by atoms with E-state index in [-0.39, 0.29) is 17.4 Å². The van der Waals surface area contributed by atoms with E-state index < -0.39 is 23.4 Å². The van der Waals surface area contributed by atoms with Gasteiger partial charge in [0.15, 0.2) is 11.0 Å². The molecular weight excluding hydrogens is 401 g/mol. The first-order valence-electron chi connectivity index (χ1n) is 8.91. The number of aromatic nitrogens is 3. The van der Waals surface area contributed by atoms with Crippen molar-refractivity contribution in [1.29, 1.82) is 0 Å². The SMILES string of the molecule is CC(C)Cn1c(SCC(=O)Nc2ccc(F)cc2F)nnc1-c1ccccc1F. The van der Waals surface area contributed by atoms with Gasteiger partial charge in [-0.3, -0.25) is 4.79 Å². The number of rotatable bonds is 7. The number of carbonyl (C=O) groups is 1. The predicted octanol–water partition coefficient (Wildman–Crippen LogP) is 4.75. The Morgan fingerprint density at radius 1 is 1.10 bits per heavy atom. The van der Waals surface area contributed by atoms with Crippen molar-refractivity contribution in [2.45, 2.75) is 25.5 Å². The van der Waals surface area contributed by atoms with Crippen molar-refractivity contribution in [1.82, 2.24) is 14.8 Å². The van der Waals surface area contributed by atoms with Gasteiger partial charge in [-0.1, -0.05) is 37.7 Å². The highest BCUT2D eigenvalue weighted by Crippen LogP contribution is 2.27. The van der Waals surface area contributed by atoms with E-state index in [0.717, 1.165) is 23.9 Å². The summed E-state index contributed by atoms with van der Waals surface area (Å²) in [5.41, 5.74) is 0.220. The number of halogens is 3. The molecule has 0 radical (unpaired) electrons. The van der Waals surface area contributed by atoms with E-state index in [4.69, 9.17) is 0 Å². The van der Waals surface area contributed by atoms with E-state index in [0.29, 0.717) is 29.2 Å². The molecule has 0 bridgehead atoms. The molecule has 9 heteroatoms. The number of hydrogen-bond donors (Lipinski definition) is 1. The highest BCUT2D eigenvalue weighted by atomic mass is 32.2. The summed E-state index contributed by atoms with van der Waals surface area (Å²) in [6, 6.07) is 9.19. The number of hydrogen-bond acceptors (Lipinski definition) is 4. The van der Waals surface area contributed by atoms with Crippen LogP contribution >= 0.6 is 11.8 Å². The molecule has 1 amide bonds. The van der Waals surface area contributed by atoms with Crippen LogP contribution in [0.25, 0.3) is 11.4 Å². The lowest BCUT2D eigenvalue weighted by molar-refractivity contribution is -0.113. The molecule has 0 saturated heterocycles. The summed E-state index contributed by atoms with van der Waals surface area (Å²) in [7, 11) is 0. The summed E-state index contributed by atoms with van der Waals surface area (Å²) < 4.78 is 42.6. The summed E-state index contributed by atoms with van der Waals surface area (Å²) >= 11 is 1.11. The minimum absolute atomic E-state index is 0.0652. The molecule has 0 fully saturated rings. The summed E-state index contributed by atoms with van der Waals surface area (Å²) in [6.45, 7) is 4.54. The van der Waals surface area contributed by atoms with Gasteiger partial charge in [0.05, 0.1) is 17.0 Å². The lowest BCUT2D eigenvalue weighted by Gasteiger charge is -2.13. The van der Waals surface area contributed by atoms with Gasteiger partial charge in [0, 0.05) is 12.6 Å². The first-order chi connectivity index (χ1) is 13.8. The van der Waals surface area contributed by atoms with Crippen LogP contribution in [0, 0.1) is 23.4 Å². The first kappa shape index (κ1) is 20.9. The zero-order valence-corrected chi connectivity index (χ0v) is 16.6. The van der Waals surface area contributed by atoms with Crippen LogP contribution in [0.2, 0.25) is 0 Å². The number of nitrogens with one attached hydrogen (secondary N) is 1. The van der Waals surface area contributed by atoms with E-state index in [1.54, 1.807) is 22.8 Å². The molecule has 5 nitrogen and oxygen atoms in total. The van der Waals surface area contributed by atoms with Gasteiger partial charge in [-0.05, 0) is 30.2 Å². The van der Waals surface area contributed by atoms with Crippen molar-refractivity contribution in [2.75, 3.05) is 11.1 Å². The molecule has 0 saturated carbocycles. The predicted molar refractivity (Wildman–Crippen MR) is 106 cm³/mol. The van der Waals surface area contributed by atoms with E-state index in [9.17, 15) is 18.0 Å². The quantitative estimate of drug-likeness (QED) is 0.561. The van der Waals surface area contributed by atoms with Crippen LogP contribution in [0.5, 0.6) is 0 Å². The van der Waals surface area contributed by atoms with Crippen LogP contribution < -0.4 is 5.32 Å². The second-order valence-electron chi connectivity index (χ2n) is 6.75. The molecule has 0 aliphatic heterocycles. The molecule has 0 atom stereocenters. The Labute approximate surface area is 170 Å². The van der Waals surface area contributed by atoms with Gasteiger partial charge in [-0.2, -0.15) is 0 Å². The zero-order chi connectivity index (χ0) is 21.0. The Bertz CT molecular complexity index is 1020. The molecule has 2 aromatic carbocycles. The van der Waals surface area contributed by atoms with Gasteiger partial charge in [0.2, 0.25) is 5.91 Å². The number of nitrogens with zero attached hydrogens (tertiary/aromatic N) is 3. The highest BCUT2D eigenvalue weighted by molar-refractivity contribution is 7.99. The normalized spacial score (nSPS) is 11.1. The van der Waals surface area contributed by atoms with Gasteiger partial charge < -0.3 is 9.88 Å². The van der Waals surface area contributed by atoms with Crippen LogP contribution in [-0.4, -0.2) is 26.4 Å².